The van der Waals surface area contributed by atoms with E-state index in [9.17, 15) is 22.8 Å². The van der Waals surface area contributed by atoms with Crippen LogP contribution in [-0.4, -0.2) is 33.0 Å². The molecule has 0 spiro atoms. The highest BCUT2D eigenvalue weighted by Gasteiger charge is 2.30. The number of hydrogen-bond donors (Lipinski definition) is 4. The Balaban J connectivity index is 1.38. The van der Waals surface area contributed by atoms with E-state index >= 15 is 0 Å². The Morgan fingerprint density at radius 2 is 1.93 bits per heavy atom. The molecule has 1 aliphatic rings. The van der Waals surface area contributed by atoms with Crippen LogP contribution in [0.1, 0.15) is 32.7 Å². The summed E-state index contributed by atoms with van der Waals surface area (Å²) in [5.41, 5.74) is 9.21. The second-order valence-corrected chi connectivity index (χ2v) is 9.46. The summed E-state index contributed by atoms with van der Waals surface area (Å²) in [6, 6.07) is 11.8. The molecule has 2 aromatic carbocycles. The van der Waals surface area contributed by atoms with Gasteiger partial charge < -0.3 is 20.9 Å². The normalized spacial score (nSPS) is 12.6. The monoisotopic (exact) mass is 577 g/mol. The summed E-state index contributed by atoms with van der Waals surface area (Å²) in [7, 11) is 1.85. The molecule has 4 N–H and O–H groups in total. The number of thiol groups is 1. The van der Waals surface area contributed by atoms with Crippen molar-refractivity contribution in [3.8, 4) is 23.2 Å². The van der Waals surface area contributed by atoms with E-state index in [0.717, 1.165) is 34.3 Å². The van der Waals surface area contributed by atoms with Gasteiger partial charge in [0.2, 0.25) is 5.95 Å². The lowest BCUT2D eigenvalue weighted by atomic mass is 10.1. The third kappa shape index (κ3) is 5.82. The summed E-state index contributed by atoms with van der Waals surface area (Å²) in [5, 5.41) is 5.33. The molecular weight excluding hydrogens is 555 g/mol. The van der Waals surface area contributed by atoms with E-state index in [0.29, 0.717) is 46.7 Å². The fraction of sp³-hybridized carbons (Fsp3) is 0.143. The molecule has 1 aliphatic heterocycles. The molecule has 0 atom stereocenters. The van der Waals surface area contributed by atoms with Crippen molar-refractivity contribution in [2.75, 3.05) is 21.9 Å². The van der Waals surface area contributed by atoms with Crippen molar-refractivity contribution >= 4 is 42.1 Å². The molecule has 3 heterocycles. The van der Waals surface area contributed by atoms with Crippen molar-refractivity contribution in [3.63, 3.8) is 0 Å². The molecule has 9 nitrogen and oxygen atoms in total. The highest BCUT2D eigenvalue weighted by molar-refractivity contribution is 7.82. The quantitative estimate of drug-likeness (QED) is 0.209. The lowest BCUT2D eigenvalue weighted by Crippen LogP contribution is -2.31. The Bertz CT molecular complexity index is 1720. The maximum Gasteiger partial charge on any atom is 0.416 e. The molecule has 208 valence electrons. The number of carbonyl (C=O) groups excluding carboxylic acids is 2. The van der Waals surface area contributed by atoms with Crippen molar-refractivity contribution < 1.29 is 22.8 Å². The number of nitrogens with one attached hydrogen (secondary N) is 2. The molecule has 4 aromatic rings. The van der Waals surface area contributed by atoms with Crippen molar-refractivity contribution in [2.45, 2.75) is 12.6 Å². The minimum Gasteiger partial charge on any atom is -0.368 e. The van der Waals surface area contributed by atoms with Crippen LogP contribution in [0.25, 0.3) is 11.4 Å². The van der Waals surface area contributed by atoms with Crippen LogP contribution in [0, 0.1) is 11.8 Å². The summed E-state index contributed by atoms with van der Waals surface area (Å²) in [5.74, 6) is 5.97. The number of fused-ring (bicyclic) bond motifs is 1. The van der Waals surface area contributed by atoms with Gasteiger partial charge >= 0.3 is 12.2 Å². The van der Waals surface area contributed by atoms with Crippen LogP contribution < -0.4 is 20.7 Å². The van der Waals surface area contributed by atoms with Crippen molar-refractivity contribution in [1.82, 2.24) is 19.9 Å². The zero-order chi connectivity index (χ0) is 29.3. The Morgan fingerprint density at radius 3 is 2.63 bits per heavy atom. The summed E-state index contributed by atoms with van der Waals surface area (Å²) >= 11 is 4.25. The van der Waals surface area contributed by atoms with E-state index in [1.54, 1.807) is 30.3 Å². The lowest BCUT2D eigenvalue weighted by Gasteiger charge is -2.17. The van der Waals surface area contributed by atoms with E-state index in [4.69, 9.17) is 5.73 Å². The van der Waals surface area contributed by atoms with Gasteiger partial charge in [0.25, 0.3) is 5.91 Å². The molecule has 0 radical (unpaired) electrons. The van der Waals surface area contributed by atoms with Crippen molar-refractivity contribution in [2.24, 2.45) is 7.05 Å². The number of nitrogens with zero attached hydrogens (tertiary/aromatic N) is 4. The molecule has 0 saturated carbocycles. The van der Waals surface area contributed by atoms with Crippen LogP contribution in [0.4, 0.5) is 35.3 Å². The summed E-state index contributed by atoms with van der Waals surface area (Å²) in [4.78, 5) is 33.5. The van der Waals surface area contributed by atoms with E-state index < -0.39 is 17.8 Å². The van der Waals surface area contributed by atoms with E-state index in [-0.39, 0.29) is 17.5 Å². The molecule has 13 heteroatoms. The van der Waals surface area contributed by atoms with E-state index in [1.807, 2.05) is 11.6 Å². The number of urea groups is 1. The van der Waals surface area contributed by atoms with Crippen LogP contribution in [0.2, 0.25) is 0 Å². The Morgan fingerprint density at radius 1 is 1.17 bits per heavy atom. The second kappa shape index (κ2) is 10.9. The van der Waals surface area contributed by atoms with Gasteiger partial charge in [0.1, 0.15) is 5.69 Å². The molecule has 0 bridgehead atoms. The predicted octanol–water partition coefficient (Wildman–Crippen LogP) is 4.65. The number of rotatable bonds is 3. The molecule has 5 rings (SSSR count). The number of halogens is 3. The van der Waals surface area contributed by atoms with Gasteiger partial charge in [0.05, 0.1) is 28.1 Å². The minimum atomic E-state index is -4.48. The van der Waals surface area contributed by atoms with Crippen molar-refractivity contribution in [1.29, 1.82) is 0 Å². The van der Waals surface area contributed by atoms with Crippen LogP contribution >= 0.6 is 12.8 Å². The highest BCUT2D eigenvalue weighted by Crippen LogP contribution is 2.31. The second-order valence-electron chi connectivity index (χ2n) is 9.06. The van der Waals surface area contributed by atoms with Gasteiger partial charge in [-0.2, -0.15) is 13.2 Å². The van der Waals surface area contributed by atoms with Crippen LogP contribution in [0.5, 0.6) is 0 Å². The molecule has 3 amide bonds. The third-order valence-electron chi connectivity index (χ3n) is 6.39. The van der Waals surface area contributed by atoms with Gasteiger partial charge in [-0.05, 0) is 48.5 Å². The number of alkyl halides is 3. The fourth-order valence-electron chi connectivity index (χ4n) is 4.33. The van der Waals surface area contributed by atoms with E-state index in [2.05, 4.69) is 45.3 Å². The average Bonchev–Trinajstić information content (AvgIpc) is 3.29. The molecule has 0 unspecified atom stereocenters. The standard InChI is InChI=1S/C28H22F3N7O2S/c1-37-22-11-12-33-25(39)21(22)14-23(37)24-17(15-34-26(32)36-24)6-5-16-3-2-4-20(13-16)38(41)27(40)35-19-9-7-18(8-10-19)28(29,30)31/h2-4,7-10,13-15,41H,11-12H2,1H3,(H,33,39)(H,35,40)(H2,32,34,36). The highest BCUT2D eigenvalue weighted by atomic mass is 32.1. The number of aromatic nitrogens is 3. The summed E-state index contributed by atoms with van der Waals surface area (Å²) < 4.78 is 41.3. The first-order valence-corrected chi connectivity index (χ1v) is 12.6. The maximum atomic E-state index is 12.8. The zero-order valence-corrected chi connectivity index (χ0v) is 22.3. The van der Waals surface area contributed by atoms with Crippen molar-refractivity contribution in [3.05, 3.63) is 88.7 Å². The predicted molar refractivity (Wildman–Crippen MR) is 151 cm³/mol. The SMILES string of the molecule is Cn1c(-c2nc(N)ncc2C#Cc2cccc(N(S)C(=O)Nc3ccc(C(F)(F)F)cc3)c2)cc2c1CCNC2=O. The van der Waals surface area contributed by atoms with Gasteiger partial charge in [-0.15, -0.1) is 0 Å². The number of nitrogen functional groups attached to an aromatic ring is 1. The van der Waals surface area contributed by atoms with Gasteiger partial charge in [-0.25, -0.2) is 19.1 Å². The number of benzene rings is 2. The number of anilines is 3. The van der Waals surface area contributed by atoms with Crippen LogP contribution in [0.3, 0.4) is 0 Å². The van der Waals surface area contributed by atoms with Crippen LogP contribution in [-0.2, 0) is 19.6 Å². The summed E-state index contributed by atoms with van der Waals surface area (Å²) in [6.45, 7) is 0.544. The molecule has 0 aliphatic carbocycles. The Labute approximate surface area is 238 Å². The third-order valence-corrected chi connectivity index (χ3v) is 6.80. The number of nitrogens with two attached hydrogens (primary N) is 1. The van der Waals surface area contributed by atoms with Gasteiger partial charge in [0.15, 0.2) is 0 Å². The van der Waals surface area contributed by atoms with E-state index in [1.165, 1.54) is 6.20 Å². The molecular formula is C28H22F3N7O2S. The smallest absolute Gasteiger partial charge is 0.368 e. The van der Waals surface area contributed by atoms with Gasteiger partial charge in [-0.1, -0.05) is 30.7 Å². The molecule has 41 heavy (non-hydrogen) atoms. The maximum absolute atomic E-state index is 12.8. The Kier molecular flexibility index (Phi) is 7.34. The number of hydrogen-bond acceptors (Lipinski definition) is 6. The number of carbonyl (C=O) groups is 2. The first kappa shape index (κ1) is 27.6. The molecule has 0 saturated heterocycles. The molecule has 0 fully saturated rings. The van der Waals surface area contributed by atoms with Gasteiger partial charge in [0, 0.05) is 43.2 Å². The molecule has 2 aromatic heterocycles. The largest absolute Gasteiger partial charge is 0.416 e. The minimum absolute atomic E-state index is 0.0564. The first-order valence-electron chi connectivity index (χ1n) is 12.2. The summed E-state index contributed by atoms with van der Waals surface area (Å²) in [6.07, 6.45) is -2.29. The average molecular weight is 578 g/mol. The van der Waals surface area contributed by atoms with Gasteiger partial charge in [-0.3, -0.25) is 4.79 Å². The number of amides is 3. The first-order chi connectivity index (χ1) is 19.5. The van der Waals surface area contributed by atoms with Crippen LogP contribution in [0.15, 0.2) is 60.8 Å². The topological polar surface area (TPSA) is 118 Å². The lowest BCUT2D eigenvalue weighted by molar-refractivity contribution is -0.137. The zero-order valence-electron chi connectivity index (χ0n) is 21.5. The fourth-order valence-corrected chi connectivity index (χ4v) is 4.51. The Hall–Kier alpha value is -4.96.